The van der Waals surface area contributed by atoms with Gasteiger partial charge in [-0.25, -0.2) is 0 Å². The zero-order chi connectivity index (χ0) is 19.0. The molecule has 5 heteroatoms. The van der Waals surface area contributed by atoms with Crippen molar-refractivity contribution in [2.75, 3.05) is 0 Å². The molecule has 2 nitrogen and oxygen atoms in total. The first-order valence-corrected chi connectivity index (χ1v) is 11.4. The number of ether oxygens (including phenoxy) is 1. The maximum atomic E-state index is 6.59. The summed E-state index contributed by atoms with van der Waals surface area (Å²) in [6, 6.07) is 17.2. The highest BCUT2D eigenvalue weighted by Gasteiger charge is 2.33. The van der Waals surface area contributed by atoms with E-state index in [1.807, 2.05) is 23.5 Å². The molecule has 3 heterocycles. The van der Waals surface area contributed by atoms with Gasteiger partial charge >= 0.3 is 0 Å². The first kappa shape index (κ1) is 17.1. The molecule has 1 unspecified atom stereocenters. The van der Waals surface area contributed by atoms with Crippen LogP contribution in [0.2, 0.25) is 5.02 Å². The quantitative estimate of drug-likeness (QED) is 0.290. The van der Waals surface area contributed by atoms with Crippen LogP contribution in [-0.4, -0.2) is 4.57 Å². The lowest BCUT2D eigenvalue weighted by atomic mass is 10.0. The van der Waals surface area contributed by atoms with Crippen LogP contribution in [-0.2, 0) is 0 Å². The van der Waals surface area contributed by atoms with E-state index < -0.39 is 0 Å². The van der Waals surface area contributed by atoms with Gasteiger partial charge < -0.3 is 4.74 Å². The number of benzene rings is 2. The summed E-state index contributed by atoms with van der Waals surface area (Å²) >= 11 is 11.9. The molecule has 0 amide bonds. The first-order chi connectivity index (χ1) is 13.6. The van der Waals surface area contributed by atoms with E-state index >= 15 is 0 Å². The van der Waals surface area contributed by atoms with Crippen LogP contribution in [0.3, 0.4) is 0 Å². The smallest absolute Gasteiger partial charge is 0.212 e. The topological polar surface area (TPSA) is 14.2 Å². The van der Waals surface area contributed by atoms with Crippen LogP contribution in [0.4, 0.5) is 0 Å². The minimum atomic E-state index is -0.170. The number of rotatable bonds is 2. The lowest BCUT2D eigenvalue weighted by Gasteiger charge is -2.30. The van der Waals surface area contributed by atoms with Gasteiger partial charge in [-0.15, -0.1) is 11.3 Å². The maximum absolute atomic E-state index is 6.59. The van der Waals surface area contributed by atoms with Gasteiger partial charge in [-0.2, -0.15) is 0 Å². The summed E-state index contributed by atoms with van der Waals surface area (Å²) in [5.74, 6) is 1.62. The minimum Gasteiger partial charge on any atom is -0.464 e. The minimum absolute atomic E-state index is 0.170. The number of aryl methyl sites for hydroxylation is 1. The van der Waals surface area contributed by atoms with Crippen LogP contribution in [0.25, 0.3) is 22.2 Å². The van der Waals surface area contributed by atoms with E-state index in [2.05, 4.69) is 63.8 Å². The second kappa shape index (κ2) is 6.12. The zero-order valence-electron chi connectivity index (χ0n) is 15.2. The van der Waals surface area contributed by atoms with Crippen molar-refractivity contribution in [1.82, 2.24) is 4.57 Å². The Bertz CT molecular complexity index is 1250. The van der Waals surface area contributed by atoms with Crippen molar-refractivity contribution in [2.24, 2.45) is 0 Å². The molecule has 1 fully saturated rings. The molecule has 1 aliphatic carbocycles. The van der Waals surface area contributed by atoms with Gasteiger partial charge in [0.15, 0.2) is 0 Å². The summed E-state index contributed by atoms with van der Waals surface area (Å²) in [6.07, 6.45) is 2.46. The fourth-order valence-corrected chi connectivity index (χ4v) is 6.08. The van der Waals surface area contributed by atoms with Crippen molar-refractivity contribution < 1.29 is 4.74 Å². The van der Waals surface area contributed by atoms with Gasteiger partial charge in [0, 0.05) is 25.3 Å². The van der Waals surface area contributed by atoms with E-state index in [4.69, 9.17) is 16.3 Å². The molecule has 2 aromatic heterocycles. The molecule has 1 aliphatic heterocycles. The SMILES string of the molecule is Cc1cc(Cl)cc2c1-c1cc3cc(Br)ccc3n1C(c1ccc(C3CC3)s1)O2. The Kier molecular flexibility index (Phi) is 3.75. The van der Waals surface area contributed by atoms with Gasteiger partial charge in [-0.1, -0.05) is 27.5 Å². The molecule has 0 N–H and O–H groups in total. The molecule has 0 bridgehead atoms. The van der Waals surface area contributed by atoms with E-state index in [1.165, 1.54) is 39.2 Å². The van der Waals surface area contributed by atoms with Crippen LogP contribution in [0, 0.1) is 6.92 Å². The largest absolute Gasteiger partial charge is 0.464 e. The Labute approximate surface area is 180 Å². The van der Waals surface area contributed by atoms with Gasteiger partial charge in [-0.05, 0) is 79.8 Å². The van der Waals surface area contributed by atoms with Crippen LogP contribution in [0.15, 0.2) is 53.0 Å². The van der Waals surface area contributed by atoms with Gasteiger partial charge in [0.2, 0.25) is 6.23 Å². The average Bonchev–Trinajstić information content (AvgIpc) is 3.26. The van der Waals surface area contributed by atoms with Crippen LogP contribution in [0.1, 0.15) is 40.3 Å². The summed E-state index contributed by atoms with van der Waals surface area (Å²) in [6.45, 7) is 2.10. The Balaban J connectivity index is 1.62. The van der Waals surface area contributed by atoms with Crippen LogP contribution in [0.5, 0.6) is 5.75 Å². The van der Waals surface area contributed by atoms with E-state index in [0.29, 0.717) is 5.02 Å². The first-order valence-electron chi connectivity index (χ1n) is 9.46. The summed E-state index contributed by atoms with van der Waals surface area (Å²) < 4.78 is 10.0. The van der Waals surface area contributed by atoms with Crippen molar-refractivity contribution in [3.05, 3.63) is 73.3 Å². The average molecular weight is 471 g/mol. The molecule has 6 rings (SSSR count). The molecule has 4 aromatic rings. The van der Waals surface area contributed by atoms with E-state index in [1.54, 1.807) is 0 Å². The Hall–Kier alpha value is -1.75. The molecular weight excluding hydrogens is 454 g/mol. The predicted molar refractivity (Wildman–Crippen MR) is 120 cm³/mol. The van der Waals surface area contributed by atoms with Crippen molar-refractivity contribution >= 4 is 49.8 Å². The Morgan fingerprint density at radius 3 is 2.71 bits per heavy atom. The number of thiophene rings is 1. The second-order valence-corrected chi connectivity index (χ2v) is 10.2. The summed E-state index contributed by atoms with van der Waals surface area (Å²) in [4.78, 5) is 2.72. The number of aromatic nitrogens is 1. The molecule has 1 saturated carbocycles. The highest BCUT2D eigenvalue weighted by atomic mass is 79.9. The summed E-state index contributed by atoms with van der Waals surface area (Å²) in [5.41, 5.74) is 4.64. The zero-order valence-corrected chi connectivity index (χ0v) is 18.4. The Morgan fingerprint density at radius 1 is 1.07 bits per heavy atom. The Morgan fingerprint density at radius 2 is 1.89 bits per heavy atom. The molecule has 140 valence electrons. The molecule has 1 atom stereocenters. The molecule has 0 saturated heterocycles. The number of fused-ring (bicyclic) bond motifs is 5. The maximum Gasteiger partial charge on any atom is 0.212 e. The third-order valence-corrected chi connectivity index (χ3v) is 7.65. The normalized spacial score (nSPS) is 18.0. The van der Waals surface area contributed by atoms with Crippen LogP contribution < -0.4 is 4.74 Å². The number of nitrogens with zero attached hydrogens (tertiary/aromatic N) is 1. The third kappa shape index (κ3) is 2.58. The predicted octanol–water partition coefficient (Wildman–Crippen LogP) is 7.91. The highest BCUT2D eigenvalue weighted by Crippen LogP contribution is 2.49. The van der Waals surface area contributed by atoms with Crippen molar-refractivity contribution in [1.29, 1.82) is 0 Å². The molecule has 28 heavy (non-hydrogen) atoms. The van der Waals surface area contributed by atoms with Gasteiger partial charge in [-0.3, -0.25) is 4.57 Å². The fraction of sp³-hybridized carbons (Fsp3) is 0.217. The lowest BCUT2D eigenvalue weighted by Crippen LogP contribution is -2.21. The number of hydrogen-bond acceptors (Lipinski definition) is 2. The van der Waals surface area contributed by atoms with Crippen molar-refractivity contribution in [3.63, 3.8) is 0 Å². The highest BCUT2D eigenvalue weighted by molar-refractivity contribution is 9.10. The number of halogens is 2. The summed E-state index contributed by atoms with van der Waals surface area (Å²) in [7, 11) is 0. The van der Waals surface area contributed by atoms with Gasteiger partial charge in [0.1, 0.15) is 5.75 Å². The molecular formula is C23H17BrClNOS. The van der Waals surface area contributed by atoms with E-state index in [9.17, 15) is 0 Å². The van der Waals surface area contributed by atoms with E-state index in [-0.39, 0.29) is 6.23 Å². The third-order valence-electron chi connectivity index (χ3n) is 5.66. The molecule has 0 radical (unpaired) electrons. The monoisotopic (exact) mass is 469 g/mol. The van der Waals surface area contributed by atoms with Crippen LogP contribution >= 0.6 is 38.9 Å². The molecule has 2 aromatic carbocycles. The second-order valence-electron chi connectivity index (χ2n) is 7.68. The van der Waals surface area contributed by atoms with Gasteiger partial charge in [0.05, 0.1) is 16.1 Å². The van der Waals surface area contributed by atoms with Crippen molar-refractivity contribution in [3.8, 4) is 17.0 Å². The fourth-order valence-electron chi connectivity index (χ4n) is 4.23. The lowest BCUT2D eigenvalue weighted by molar-refractivity contribution is 0.177. The number of hydrogen-bond donors (Lipinski definition) is 0. The van der Waals surface area contributed by atoms with E-state index in [0.717, 1.165) is 27.3 Å². The summed E-state index contributed by atoms with van der Waals surface area (Å²) in [5, 5.41) is 1.92. The van der Waals surface area contributed by atoms with Crippen molar-refractivity contribution in [2.45, 2.75) is 31.9 Å². The molecule has 0 spiro atoms. The standard InChI is InChI=1S/C23H17BrClNOS/c1-12-8-16(25)11-19-22(12)18-10-14-9-15(24)4-5-17(14)26(18)23(27-19)21-7-6-20(28-21)13-2-3-13/h4-11,13,23H,2-3H2,1H3. The van der Waals surface area contributed by atoms with Gasteiger partial charge in [0.25, 0.3) is 0 Å². The molecule has 2 aliphatic rings.